The summed E-state index contributed by atoms with van der Waals surface area (Å²) in [5, 5.41) is 9.47. The summed E-state index contributed by atoms with van der Waals surface area (Å²) in [5.74, 6) is 0.852. The Kier molecular flexibility index (Phi) is 8.36. The first-order valence-corrected chi connectivity index (χ1v) is 9.72. The van der Waals surface area contributed by atoms with Gasteiger partial charge in [-0.15, -0.1) is 0 Å². The molecular formula is C23H32N2O3. The van der Waals surface area contributed by atoms with Crippen molar-refractivity contribution in [3.8, 4) is 16.9 Å². The summed E-state index contributed by atoms with van der Waals surface area (Å²) in [6.45, 7) is 8.55. The van der Waals surface area contributed by atoms with E-state index in [9.17, 15) is 5.11 Å². The zero-order valence-corrected chi connectivity index (χ0v) is 16.9. The largest absolute Gasteiger partial charge is 0.494 e. The molecule has 5 heteroatoms. The lowest BCUT2D eigenvalue weighted by Crippen LogP contribution is -2.13. The van der Waals surface area contributed by atoms with Gasteiger partial charge in [-0.2, -0.15) is 0 Å². The third-order valence-electron chi connectivity index (χ3n) is 4.68. The lowest BCUT2D eigenvalue weighted by molar-refractivity contribution is -0.0728. The zero-order valence-electron chi connectivity index (χ0n) is 16.9. The van der Waals surface area contributed by atoms with Gasteiger partial charge in [0.15, 0.2) is 6.29 Å². The van der Waals surface area contributed by atoms with Crippen LogP contribution in [0.3, 0.4) is 0 Å². The summed E-state index contributed by atoms with van der Waals surface area (Å²) in [7, 11) is 0. The molecule has 0 fully saturated rings. The molecule has 1 atom stereocenters. The number of hydrogen-bond acceptors (Lipinski definition) is 5. The SMILES string of the molecule is C=C(C)C(O)OCCCCCCOc1ccc(-c2cc(N)c(C)c(N)c2)cc1. The Labute approximate surface area is 168 Å². The quantitative estimate of drug-likeness (QED) is 0.226. The first-order chi connectivity index (χ1) is 13.4. The summed E-state index contributed by atoms with van der Waals surface area (Å²) >= 11 is 0. The Bertz CT molecular complexity index is 749. The number of unbranched alkanes of at least 4 members (excludes halogenated alkanes) is 3. The molecule has 0 spiro atoms. The maximum absolute atomic E-state index is 9.47. The molecule has 5 nitrogen and oxygen atoms in total. The van der Waals surface area contributed by atoms with Crippen molar-refractivity contribution in [1.82, 2.24) is 0 Å². The van der Waals surface area contributed by atoms with Gasteiger partial charge in [0.25, 0.3) is 0 Å². The Morgan fingerprint density at radius 3 is 2.11 bits per heavy atom. The third kappa shape index (κ3) is 6.59. The van der Waals surface area contributed by atoms with Gasteiger partial charge in [0.05, 0.1) is 13.2 Å². The van der Waals surface area contributed by atoms with Gasteiger partial charge in [-0.25, -0.2) is 0 Å². The van der Waals surface area contributed by atoms with Crippen molar-refractivity contribution in [3.63, 3.8) is 0 Å². The van der Waals surface area contributed by atoms with Crippen molar-refractivity contribution in [1.29, 1.82) is 0 Å². The Balaban J connectivity index is 1.69. The van der Waals surface area contributed by atoms with E-state index in [1.165, 1.54) is 0 Å². The van der Waals surface area contributed by atoms with Crippen molar-refractivity contribution in [2.24, 2.45) is 0 Å². The predicted octanol–water partition coefficient (Wildman–Crippen LogP) is 4.68. The first kappa shape index (κ1) is 21.8. The fraction of sp³-hybridized carbons (Fsp3) is 0.391. The molecule has 0 aliphatic carbocycles. The second-order valence-corrected chi connectivity index (χ2v) is 7.14. The minimum atomic E-state index is -0.848. The summed E-state index contributed by atoms with van der Waals surface area (Å²) in [5.41, 5.74) is 17.0. The maximum Gasteiger partial charge on any atom is 0.176 e. The van der Waals surface area contributed by atoms with E-state index in [1.54, 1.807) is 6.92 Å². The van der Waals surface area contributed by atoms with Gasteiger partial charge in [0.2, 0.25) is 0 Å². The molecule has 0 aliphatic rings. The lowest BCUT2D eigenvalue weighted by Gasteiger charge is -2.11. The van der Waals surface area contributed by atoms with Gasteiger partial charge in [-0.1, -0.05) is 25.1 Å². The van der Waals surface area contributed by atoms with Crippen LogP contribution in [0.2, 0.25) is 0 Å². The third-order valence-corrected chi connectivity index (χ3v) is 4.68. The Morgan fingerprint density at radius 2 is 1.54 bits per heavy atom. The molecule has 2 aromatic carbocycles. The summed E-state index contributed by atoms with van der Waals surface area (Å²) in [6, 6.07) is 11.9. The van der Waals surface area contributed by atoms with Crippen LogP contribution in [-0.2, 0) is 4.74 Å². The van der Waals surface area contributed by atoms with Gasteiger partial charge < -0.3 is 26.0 Å². The van der Waals surface area contributed by atoms with Gasteiger partial charge in [-0.05, 0) is 79.6 Å². The molecule has 0 radical (unpaired) electrons. The van der Waals surface area contributed by atoms with E-state index in [2.05, 4.69) is 6.58 Å². The average molecular weight is 385 g/mol. The molecule has 5 N–H and O–H groups in total. The highest BCUT2D eigenvalue weighted by Gasteiger charge is 2.05. The minimum absolute atomic E-state index is 0.546. The molecule has 2 rings (SSSR count). The number of aliphatic hydroxyl groups excluding tert-OH is 1. The number of ether oxygens (including phenoxy) is 2. The smallest absolute Gasteiger partial charge is 0.176 e. The molecule has 28 heavy (non-hydrogen) atoms. The van der Waals surface area contributed by atoms with E-state index in [1.807, 2.05) is 43.3 Å². The number of aliphatic hydroxyl groups is 1. The molecular weight excluding hydrogens is 352 g/mol. The van der Waals surface area contributed by atoms with Gasteiger partial charge in [-0.3, -0.25) is 0 Å². The Hall–Kier alpha value is -2.50. The number of anilines is 2. The first-order valence-electron chi connectivity index (χ1n) is 9.72. The van der Waals surface area contributed by atoms with E-state index >= 15 is 0 Å². The van der Waals surface area contributed by atoms with Crippen molar-refractivity contribution >= 4 is 11.4 Å². The standard InChI is InChI=1S/C23H32N2O3/c1-16(2)23(26)28-13-7-5-4-6-12-27-20-10-8-18(9-11-20)19-14-21(24)17(3)22(25)15-19/h8-11,14-15,23,26H,1,4-7,12-13,24-25H2,2-3H3. The van der Waals surface area contributed by atoms with Gasteiger partial charge >= 0.3 is 0 Å². The summed E-state index contributed by atoms with van der Waals surface area (Å²) < 4.78 is 11.1. The van der Waals surface area contributed by atoms with Crippen molar-refractivity contribution in [2.45, 2.75) is 45.8 Å². The number of nitrogens with two attached hydrogens (primary N) is 2. The monoisotopic (exact) mass is 384 g/mol. The highest BCUT2D eigenvalue weighted by molar-refractivity contribution is 5.75. The molecule has 0 bridgehead atoms. The van der Waals surface area contributed by atoms with Crippen LogP contribution < -0.4 is 16.2 Å². The molecule has 0 saturated heterocycles. The highest BCUT2D eigenvalue weighted by Crippen LogP contribution is 2.29. The number of benzene rings is 2. The predicted molar refractivity (Wildman–Crippen MR) is 116 cm³/mol. The lowest BCUT2D eigenvalue weighted by atomic mass is 10.0. The molecule has 0 saturated carbocycles. The highest BCUT2D eigenvalue weighted by atomic mass is 16.6. The van der Waals surface area contributed by atoms with E-state index in [4.69, 9.17) is 20.9 Å². The van der Waals surface area contributed by atoms with Crippen LogP contribution in [0.4, 0.5) is 11.4 Å². The second kappa shape index (κ2) is 10.7. The van der Waals surface area contributed by atoms with Crippen LogP contribution in [0, 0.1) is 6.92 Å². The molecule has 152 valence electrons. The van der Waals surface area contributed by atoms with E-state index in [-0.39, 0.29) is 0 Å². The van der Waals surface area contributed by atoms with E-state index < -0.39 is 6.29 Å². The molecule has 0 heterocycles. The maximum atomic E-state index is 9.47. The molecule has 2 aromatic rings. The van der Waals surface area contributed by atoms with Crippen molar-refractivity contribution in [3.05, 3.63) is 54.1 Å². The fourth-order valence-corrected chi connectivity index (χ4v) is 2.76. The summed E-state index contributed by atoms with van der Waals surface area (Å²) in [4.78, 5) is 0. The van der Waals surface area contributed by atoms with E-state index in [0.29, 0.717) is 30.2 Å². The van der Waals surface area contributed by atoms with Gasteiger partial charge in [0.1, 0.15) is 5.75 Å². The number of rotatable bonds is 11. The Morgan fingerprint density at radius 1 is 0.964 bits per heavy atom. The molecule has 0 aliphatic heterocycles. The van der Waals surface area contributed by atoms with Crippen LogP contribution in [0.25, 0.3) is 11.1 Å². The molecule has 0 aromatic heterocycles. The van der Waals surface area contributed by atoms with Crippen molar-refractivity contribution < 1.29 is 14.6 Å². The van der Waals surface area contributed by atoms with E-state index in [0.717, 1.165) is 48.1 Å². The molecule has 1 unspecified atom stereocenters. The summed E-state index contributed by atoms with van der Waals surface area (Å²) in [6.07, 6.45) is 3.16. The number of hydrogen-bond donors (Lipinski definition) is 3. The normalized spacial score (nSPS) is 12.0. The van der Waals surface area contributed by atoms with Crippen LogP contribution in [0.1, 0.15) is 38.2 Å². The van der Waals surface area contributed by atoms with Crippen molar-refractivity contribution in [2.75, 3.05) is 24.7 Å². The average Bonchev–Trinajstić information content (AvgIpc) is 2.68. The second-order valence-electron chi connectivity index (χ2n) is 7.14. The van der Waals surface area contributed by atoms with Crippen LogP contribution in [0.5, 0.6) is 5.75 Å². The van der Waals surface area contributed by atoms with Crippen LogP contribution in [0.15, 0.2) is 48.6 Å². The topological polar surface area (TPSA) is 90.7 Å². The molecule has 0 amide bonds. The van der Waals surface area contributed by atoms with Crippen LogP contribution >= 0.6 is 0 Å². The van der Waals surface area contributed by atoms with Gasteiger partial charge in [0, 0.05) is 11.4 Å². The van der Waals surface area contributed by atoms with Crippen LogP contribution in [-0.4, -0.2) is 24.6 Å². The zero-order chi connectivity index (χ0) is 20.5. The fourth-order valence-electron chi connectivity index (χ4n) is 2.76. The number of nitrogen functional groups attached to an aromatic ring is 2. The minimum Gasteiger partial charge on any atom is -0.494 e.